The number of phenolic OH excluding ortho intramolecular Hbond substituents is 1. The van der Waals surface area contributed by atoms with Gasteiger partial charge in [0.2, 0.25) is 0 Å². The van der Waals surface area contributed by atoms with Crippen molar-refractivity contribution in [3.05, 3.63) is 29.8 Å². The molecule has 0 atom stereocenters. The molecule has 108 valence electrons. The normalized spacial score (nSPS) is 15.0. The van der Waals surface area contributed by atoms with E-state index < -0.39 is 5.97 Å². The quantitative estimate of drug-likeness (QED) is 0.800. The van der Waals surface area contributed by atoms with Gasteiger partial charge in [-0.2, -0.15) is 0 Å². The summed E-state index contributed by atoms with van der Waals surface area (Å²) < 4.78 is 4.93. The second kappa shape index (κ2) is 6.93. The SMILES string of the molecule is O=C(COC(=O)Cc1ccc(O)cc1)NC1CCCC1. The molecular formula is C15H19NO4. The van der Waals surface area contributed by atoms with Gasteiger partial charge in [0.05, 0.1) is 6.42 Å². The van der Waals surface area contributed by atoms with Crippen LogP contribution in [0, 0.1) is 0 Å². The number of rotatable bonds is 5. The predicted octanol–water partition coefficient (Wildman–Crippen LogP) is 1.54. The summed E-state index contributed by atoms with van der Waals surface area (Å²) in [7, 11) is 0. The molecule has 0 radical (unpaired) electrons. The van der Waals surface area contributed by atoms with E-state index in [0.29, 0.717) is 0 Å². The summed E-state index contributed by atoms with van der Waals surface area (Å²) in [6.45, 7) is -0.229. The smallest absolute Gasteiger partial charge is 0.310 e. The number of carbonyl (C=O) groups is 2. The summed E-state index contributed by atoms with van der Waals surface area (Å²) in [5.74, 6) is -0.536. The molecular weight excluding hydrogens is 258 g/mol. The van der Waals surface area contributed by atoms with Gasteiger partial charge in [-0.25, -0.2) is 0 Å². The first kappa shape index (κ1) is 14.4. The summed E-state index contributed by atoms with van der Waals surface area (Å²) in [6, 6.07) is 6.55. The largest absolute Gasteiger partial charge is 0.508 e. The second-order valence-corrected chi connectivity index (χ2v) is 5.05. The molecule has 5 nitrogen and oxygen atoms in total. The molecule has 1 fully saturated rings. The van der Waals surface area contributed by atoms with E-state index in [4.69, 9.17) is 9.84 Å². The zero-order valence-electron chi connectivity index (χ0n) is 11.3. The Hall–Kier alpha value is -2.04. The van der Waals surface area contributed by atoms with Crippen molar-refractivity contribution in [1.82, 2.24) is 5.32 Å². The highest BCUT2D eigenvalue weighted by Crippen LogP contribution is 2.17. The second-order valence-electron chi connectivity index (χ2n) is 5.05. The first-order valence-corrected chi connectivity index (χ1v) is 6.86. The third-order valence-electron chi connectivity index (χ3n) is 3.37. The fraction of sp³-hybridized carbons (Fsp3) is 0.467. The van der Waals surface area contributed by atoms with Crippen LogP contribution >= 0.6 is 0 Å². The Kier molecular flexibility index (Phi) is 4.98. The molecule has 1 aliphatic carbocycles. The van der Waals surface area contributed by atoms with E-state index in [0.717, 1.165) is 31.2 Å². The number of benzene rings is 1. The Labute approximate surface area is 117 Å². The molecule has 1 saturated carbocycles. The average molecular weight is 277 g/mol. The summed E-state index contributed by atoms with van der Waals surface area (Å²) in [6.07, 6.45) is 4.40. The van der Waals surface area contributed by atoms with Crippen LogP contribution in [0.3, 0.4) is 0 Å². The Morgan fingerprint density at radius 1 is 1.20 bits per heavy atom. The first-order valence-electron chi connectivity index (χ1n) is 6.86. The molecule has 2 N–H and O–H groups in total. The zero-order chi connectivity index (χ0) is 14.4. The maximum Gasteiger partial charge on any atom is 0.310 e. The molecule has 1 aromatic carbocycles. The van der Waals surface area contributed by atoms with Crippen molar-refractivity contribution in [3.8, 4) is 5.75 Å². The van der Waals surface area contributed by atoms with Gasteiger partial charge in [0.25, 0.3) is 5.91 Å². The molecule has 0 spiro atoms. The van der Waals surface area contributed by atoms with Gasteiger partial charge in [-0.15, -0.1) is 0 Å². The molecule has 20 heavy (non-hydrogen) atoms. The molecule has 1 amide bonds. The molecule has 1 aliphatic rings. The van der Waals surface area contributed by atoms with E-state index in [1.54, 1.807) is 12.1 Å². The van der Waals surface area contributed by atoms with Gasteiger partial charge in [-0.3, -0.25) is 9.59 Å². The topological polar surface area (TPSA) is 75.6 Å². The third-order valence-corrected chi connectivity index (χ3v) is 3.37. The molecule has 0 saturated heterocycles. The van der Waals surface area contributed by atoms with E-state index in [9.17, 15) is 9.59 Å². The minimum atomic E-state index is -0.447. The van der Waals surface area contributed by atoms with E-state index in [1.165, 1.54) is 12.1 Å². The van der Waals surface area contributed by atoms with Gasteiger partial charge < -0.3 is 15.2 Å². The van der Waals surface area contributed by atoms with Crippen molar-refractivity contribution < 1.29 is 19.4 Å². The lowest BCUT2D eigenvalue weighted by atomic mass is 10.1. The molecule has 5 heteroatoms. The lowest BCUT2D eigenvalue weighted by molar-refractivity contribution is -0.148. The van der Waals surface area contributed by atoms with E-state index in [-0.39, 0.29) is 30.7 Å². The van der Waals surface area contributed by atoms with E-state index >= 15 is 0 Å². The summed E-state index contributed by atoms with van der Waals surface area (Å²) in [4.78, 5) is 23.2. The molecule has 0 bridgehead atoms. The zero-order valence-corrected chi connectivity index (χ0v) is 11.3. The Morgan fingerprint density at radius 3 is 2.50 bits per heavy atom. The van der Waals surface area contributed by atoms with Crippen LogP contribution in [0.5, 0.6) is 5.75 Å². The van der Waals surface area contributed by atoms with Crippen molar-refractivity contribution >= 4 is 11.9 Å². The van der Waals surface area contributed by atoms with Crippen LogP contribution in [-0.2, 0) is 20.7 Å². The maximum absolute atomic E-state index is 11.6. The Bertz CT molecular complexity index is 463. The molecule has 2 rings (SSSR count). The number of nitrogens with one attached hydrogen (secondary N) is 1. The van der Waals surface area contributed by atoms with Crippen LogP contribution in [0.25, 0.3) is 0 Å². The fourth-order valence-electron chi connectivity index (χ4n) is 2.32. The lowest BCUT2D eigenvalue weighted by Crippen LogP contribution is -2.36. The van der Waals surface area contributed by atoms with Crippen LogP contribution < -0.4 is 5.32 Å². The van der Waals surface area contributed by atoms with Crippen molar-refractivity contribution in [2.24, 2.45) is 0 Å². The Morgan fingerprint density at radius 2 is 1.85 bits per heavy atom. The first-order chi connectivity index (χ1) is 9.63. The number of hydrogen-bond acceptors (Lipinski definition) is 4. The van der Waals surface area contributed by atoms with Crippen LogP contribution in [0.4, 0.5) is 0 Å². The number of ether oxygens (including phenoxy) is 1. The van der Waals surface area contributed by atoms with Crippen LogP contribution in [-0.4, -0.2) is 29.6 Å². The third kappa shape index (κ3) is 4.57. The number of aromatic hydroxyl groups is 1. The highest BCUT2D eigenvalue weighted by molar-refractivity contribution is 5.81. The highest BCUT2D eigenvalue weighted by Gasteiger charge is 2.17. The maximum atomic E-state index is 11.6. The molecule has 0 unspecified atom stereocenters. The minimum Gasteiger partial charge on any atom is -0.508 e. The van der Waals surface area contributed by atoms with E-state index in [1.807, 2.05) is 0 Å². The number of phenols is 1. The molecule has 1 aromatic rings. The summed E-state index contributed by atoms with van der Waals surface area (Å²) in [5, 5.41) is 12.0. The predicted molar refractivity (Wildman–Crippen MR) is 73.2 cm³/mol. The van der Waals surface area contributed by atoms with Gasteiger partial charge >= 0.3 is 5.97 Å². The molecule has 0 heterocycles. The molecule has 0 aliphatic heterocycles. The van der Waals surface area contributed by atoms with Crippen LogP contribution in [0.15, 0.2) is 24.3 Å². The van der Waals surface area contributed by atoms with Gasteiger partial charge in [0, 0.05) is 6.04 Å². The van der Waals surface area contributed by atoms with Crippen molar-refractivity contribution in [2.45, 2.75) is 38.1 Å². The van der Waals surface area contributed by atoms with E-state index in [2.05, 4.69) is 5.32 Å². The van der Waals surface area contributed by atoms with Crippen molar-refractivity contribution in [2.75, 3.05) is 6.61 Å². The van der Waals surface area contributed by atoms with Gasteiger partial charge in [0.15, 0.2) is 6.61 Å². The lowest BCUT2D eigenvalue weighted by Gasteiger charge is -2.11. The molecule has 0 aromatic heterocycles. The minimum absolute atomic E-state index is 0.0942. The van der Waals surface area contributed by atoms with Gasteiger partial charge in [0.1, 0.15) is 5.75 Å². The van der Waals surface area contributed by atoms with Gasteiger partial charge in [-0.1, -0.05) is 25.0 Å². The number of hydrogen-bond donors (Lipinski definition) is 2. The standard InChI is InChI=1S/C15H19NO4/c17-13-7-5-11(6-8-13)9-15(19)20-10-14(18)16-12-3-1-2-4-12/h5-8,12,17H,1-4,9-10H2,(H,16,18). The highest BCUT2D eigenvalue weighted by atomic mass is 16.5. The monoisotopic (exact) mass is 277 g/mol. The van der Waals surface area contributed by atoms with Crippen molar-refractivity contribution in [3.63, 3.8) is 0 Å². The summed E-state index contributed by atoms with van der Waals surface area (Å²) >= 11 is 0. The summed E-state index contributed by atoms with van der Waals surface area (Å²) in [5.41, 5.74) is 0.740. The Balaban J connectivity index is 1.69. The number of carbonyl (C=O) groups excluding carboxylic acids is 2. The van der Waals surface area contributed by atoms with Crippen molar-refractivity contribution in [1.29, 1.82) is 0 Å². The van der Waals surface area contributed by atoms with Crippen LogP contribution in [0.1, 0.15) is 31.2 Å². The van der Waals surface area contributed by atoms with Crippen LogP contribution in [0.2, 0.25) is 0 Å². The fourth-order valence-corrected chi connectivity index (χ4v) is 2.32. The number of amides is 1. The number of esters is 1. The van der Waals surface area contributed by atoms with Gasteiger partial charge in [-0.05, 0) is 30.5 Å². The average Bonchev–Trinajstić information content (AvgIpc) is 2.92.